The number of anilines is 2. The third kappa shape index (κ3) is 8.36. The normalized spacial score (nSPS) is 17.2. The van der Waals surface area contributed by atoms with Crippen molar-refractivity contribution in [3.63, 3.8) is 0 Å². The standard InChI is InChI=1S/C38H34N6O5S/c45-24-26-14-16-27(17-15-26)35-23-34(25-50-38-41-42-43-44(38)31-10-3-1-4-11-31)48-36(49-35)28-8-7-9-30(22-28)40-37(46)39-29-18-20-33(21-19-29)47-32-12-5-2-6-13-32/h1-22,34-36,45H,23-25H2,(H2,39,40,46)/t34-,35+,36+/m1/s1. The molecule has 1 aromatic heterocycles. The van der Waals surface area contributed by atoms with E-state index in [2.05, 4.69) is 26.2 Å². The lowest BCUT2D eigenvalue weighted by molar-refractivity contribution is -0.245. The number of benzene rings is 5. The van der Waals surface area contributed by atoms with Gasteiger partial charge in [0, 0.05) is 29.1 Å². The average molecular weight is 687 g/mol. The third-order valence-electron chi connectivity index (χ3n) is 7.96. The van der Waals surface area contributed by atoms with Gasteiger partial charge in [0.2, 0.25) is 5.16 Å². The molecule has 1 aliphatic rings. The van der Waals surface area contributed by atoms with Crippen molar-refractivity contribution in [2.24, 2.45) is 0 Å². The van der Waals surface area contributed by atoms with Crippen LogP contribution in [0.15, 0.2) is 139 Å². The molecule has 7 rings (SSSR count). The smallest absolute Gasteiger partial charge is 0.323 e. The first-order valence-corrected chi connectivity index (χ1v) is 17.1. The molecule has 5 aromatic carbocycles. The number of aliphatic hydroxyl groups is 1. The largest absolute Gasteiger partial charge is 0.457 e. The zero-order valence-electron chi connectivity index (χ0n) is 26.8. The molecule has 6 aromatic rings. The molecule has 2 heterocycles. The molecule has 3 atom stereocenters. The average Bonchev–Trinajstić information content (AvgIpc) is 3.64. The first-order chi connectivity index (χ1) is 24.6. The minimum atomic E-state index is -0.705. The van der Waals surface area contributed by atoms with Crippen LogP contribution in [0.2, 0.25) is 0 Å². The van der Waals surface area contributed by atoms with Gasteiger partial charge in [0.1, 0.15) is 11.5 Å². The summed E-state index contributed by atoms with van der Waals surface area (Å²) in [5.74, 6) is 1.97. The molecule has 0 radical (unpaired) electrons. The van der Waals surface area contributed by atoms with Gasteiger partial charge in [0.15, 0.2) is 6.29 Å². The van der Waals surface area contributed by atoms with Crippen molar-refractivity contribution in [1.29, 1.82) is 0 Å². The number of aromatic nitrogens is 4. The fourth-order valence-corrected chi connectivity index (χ4v) is 6.39. The van der Waals surface area contributed by atoms with Gasteiger partial charge in [-0.3, -0.25) is 0 Å². The second kappa shape index (κ2) is 15.8. The topological polar surface area (TPSA) is 133 Å². The molecule has 3 N–H and O–H groups in total. The number of hydrogen-bond acceptors (Lipinski definition) is 9. The molecule has 1 saturated heterocycles. The zero-order chi connectivity index (χ0) is 34.1. The summed E-state index contributed by atoms with van der Waals surface area (Å²) in [7, 11) is 0. The van der Waals surface area contributed by atoms with Crippen LogP contribution >= 0.6 is 11.8 Å². The molecule has 2 amide bonds. The number of nitrogens with one attached hydrogen (secondary N) is 2. The maximum Gasteiger partial charge on any atom is 0.323 e. The van der Waals surface area contributed by atoms with E-state index in [4.69, 9.17) is 14.2 Å². The number of aliphatic hydroxyl groups excluding tert-OH is 1. The van der Waals surface area contributed by atoms with Crippen molar-refractivity contribution in [3.05, 3.63) is 150 Å². The number of hydrogen-bond donors (Lipinski definition) is 3. The number of ether oxygens (including phenoxy) is 3. The summed E-state index contributed by atoms with van der Waals surface area (Å²) in [6, 6.07) is 41.2. The van der Waals surface area contributed by atoms with Crippen LogP contribution in [-0.4, -0.2) is 43.2 Å². The number of urea groups is 1. The van der Waals surface area contributed by atoms with Crippen LogP contribution in [0.25, 0.3) is 5.69 Å². The Morgan fingerprint density at radius 3 is 2.28 bits per heavy atom. The highest BCUT2D eigenvalue weighted by molar-refractivity contribution is 7.99. The Kier molecular flexibility index (Phi) is 10.4. The number of nitrogens with zero attached hydrogens (tertiary/aromatic N) is 4. The van der Waals surface area contributed by atoms with E-state index in [-0.39, 0.29) is 18.8 Å². The molecule has 252 valence electrons. The molecule has 0 spiro atoms. The summed E-state index contributed by atoms with van der Waals surface area (Å²) in [6.45, 7) is -0.0334. The quantitative estimate of drug-likeness (QED) is 0.116. The summed E-state index contributed by atoms with van der Waals surface area (Å²) < 4.78 is 20.6. The van der Waals surface area contributed by atoms with Crippen molar-refractivity contribution in [1.82, 2.24) is 20.2 Å². The fourth-order valence-electron chi connectivity index (χ4n) is 5.48. The van der Waals surface area contributed by atoms with Crippen LogP contribution in [-0.2, 0) is 16.1 Å². The van der Waals surface area contributed by atoms with Crippen LogP contribution < -0.4 is 15.4 Å². The van der Waals surface area contributed by atoms with Crippen LogP contribution in [0.4, 0.5) is 16.2 Å². The van der Waals surface area contributed by atoms with Crippen LogP contribution in [0.5, 0.6) is 11.5 Å². The monoisotopic (exact) mass is 686 g/mol. The van der Waals surface area contributed by atoms with Crippen molar-refractivity contribution in [2.75, 3.05) is 16.4 Å². The van der Waals surface area contributed by atoms with Crippen molar-refractivity contribution in [3.8, 4) is 17.2 Å². The van der Waals surface area contributed by atoms with E-state index in [1.165, 1.54) is 11.8 Å². The Bertz CT molecular complexity index is 1990. The second-order valence-corrected chi connectivity index (χ2v) is 12.5. The molecule has 0 bridgehead atoms. The summed E-state index contributed by atoms with van der Waals surface area (Å²) in [6.07, 6.45) is -0.587. The Hall–Kier alpha value is -5.53. The van der Waals surface area contributed by atoms with E-state index >= 15 is 0 Å². The van der Waals surface area contributed by atoms with E-state index < -0.39 is 12.3 Å². The highest BCUT2D eigenvalue weighted by Gasteiger charge is 2.33. The minimum Gasteiger partial charge on any atom is -0.457 e. The Balaban J connectivity index is 1.03. The molecular weight excluding hydrogens is 653 g/mol. The zero-order valence-corrected chi connectivity index (χ0v) is 27.6. The van der Waals surface area contributed by atoms with Gasteiger partial charge in [0.05, 0.1) is 24.5 Å². The summed E-state index contributed by atoms with van der Waals surface area (Å²) in [4.78, 5) is 13.0. The number of thioether (sulfide) groups is 1. The maximum absolute atomic E-state index is 13.0. The molecule has 0 saturated carbocycles. The van der Waals surface area contributed by atoms with Crippen molar-refractivity contribution in [2.45, 2.75) is 36.7 Å². The number of amides is 2. The summed E-state index contributed by atoms with van der Waals surface area (Å²) in [5.41, 5.74) is 4.63. The van der Waals surface area contributed by atoms with Gasteiger partial charge in [-0.2, -0.15) is 4.68 Å². The van der Waals surface area contributed by atoms with E-state index in [9.17, 15) is 9.90 Å². The highest BCUT2D eigenvalue weighted by atomic mass is 32.2. The summed E-state index contributed by atoms with van der Waals surface area (Å²) >= 11 is 1.51. The van der Waals surface area contributed by atoms with Crippen LogP contribution in [0.1, 0.15) is 35.5 Å². The SMILES string of the molecule is O=C(Nc1ccc(Oc2ccccc2)cc1)Nc1cccc([C@H]2O[C@@H](CSc3nnnn3-c3ccccc3)C[C@@H](c3ccc(CO)cc3)O2)c1. The van der Waals surface area contributed by atoms with E-state index in [1.807, 2.05) is 109 Å². The van der Waals surface area contributed by atoms with Crippen molar-refractivity contribution < 1.29 is 24.1 Å². The maximum atomic E-state index is 13.0. The number of para-hydroxylation sites is 2. The highest BCUT2D eigenvalue weighted by Crippen LogP contribution is 2.40. The number of rotatable bonds is 11. The molecule has 12 heteroatoms. The van der Waals surface area contributed by atoms with Gasteiger partial charge in [0.25, 0.3) is 0 Å². The molecule has 50 heavy (non-hydrogen) atoms. The van der Waals surface area contributed by atoms with Gasteiger partial charge < -0.3 is 30.0 Å². The third-order valence-corrected chi connectivity index (χ3v) is 9.01. The molecule has 1 aliphatic heterocycles. The van der Waals surface area contributed by atoms with Crippen molar-refractivity contribution >= 4 is 29.2 Å². The van der Waals surface area contributed by atoms with Gasteiger partial charge in [-0.15, -0.1) is 5.10 Å². The van der Waals surface area contributed by atoms with E-state index in [1.54, 1.807) is 28.9 Å². The summed E-state index contributed by atoms with van der Waals surface area (Å²) in [5, 5.41) is 28.3. The lowest BCUT2D eigenvalue weighted by atomic mass is 10.0. The van der Waals surface area contributed by atoms with Gasteiger partial charge in [-0.25, -0.2) is 4.79 Å². The predicted molar refractivity (Wildman–Crippen MR) is 190 cm³/mol. The van der Waals surface area contributed by atoms with Gasteiger partial charge in [-0.05, 0) is 82.2 Å². The minimum absolute atomic E-state index is 0.0334. The lowest BCUT2D eigenvalue weighted by Crippen LogP contribution is -2.31. The number of carbonyl (C=O) groups excluding carboxylic acids is 1. The molecule has 1 fully saturated rings. The molecule has 0 aliphatic carbocycles. The fraction of sp³-hybridized carbons (Fsp3) is 0.158. The van der Waals surface area contributed by atoms with Crippen LogP contribution in [0.3, 0.4) is 0 Å². The van der Waals surface area contributed by atoms with Crippen LogP contribution in [0, 0.1) is 0 Å². The van der Waals surface area contributed by atoms with Gasteiger partial charge in [-0.1, -0.05) is 84.6 Å². The Labute approximate surface area is 293 Å². The Morgan fingerprint density at radius 1 is 0.800 bits per heavy atom. The first-order valence-electron chi connectivity index (χ1n) is 16.1. The van der Waals surface area contributed by atoms with E-state index in [0.29, 0.717) is 34.5 Å². The molecule has 0 unspecified atom stereocenters. The molecular formula is C38H34N6O5S. The second-order valence-electron chi connectivity index (χ2n) is 11.5. The lowest BCUT2D eigenvalue weighted by Gasteiger charge is -2.36. The first kappa shape index (κ1) is 33.0. The number of carbonyl (C=O) groups is 1. The van der Waals surface area contributed by atoms with E-state index in [0.717, 1.165) is 28.1 Å². The predicted octanol–water partition coefficient (Wildman–Crippen LogP) is 7.93. The van der Waals surface area contributed by atoms with Gasteiger partial charge >= 0.3 is 6.03 Å². The number of tetrazole rings is 1. The molecule has 11 nitrogen and oxygen atoms in total. The Morgan fingerprint density at radius 2 is 1.52 bits per heavy atom.